The molecular weight excluding hydrogens is 210 g/mol. The van der Waals surface area contributed by atoms with Gasteiger partial charge in [0, 0.05) is 14.2 Å². The topological polar surface area (TPSA) is 88.1 Å². The Kier molecular flexibility index (Phi) is 2.97. The number of methoxy groups -OCH3 is 2. The predicted octanol–water partition coefficient (Wildman–Crippen LogP) is 0.0274. The number of nitrogens with zero attached hydrogens (tertiary/aromatic N) is 4. The molecule has 2 aromatic rings. The van der Waals surface area contributed by atoms with Gasteiger partial charge in [0.25, 0.3) is 0 Å². The van der Waals surface area contributed by atoms with Crippen molar-refractivity contribution in [1.82, 2.24) is 19.5 Å². The summed E-state index contributed by atoms with van der Waals surface area (Å²) in [5.41, 5.74) is 6.94. The van der Waals surface area contributed by atoms with Crippen molar-refractivity contribution in [2.24, 2.45) is 0 Å². The summed E-state index contributed by atoms with van der Waals surface area (Å²) in [6.07, 6.45) is 2.71. The highest BCUT2D eigenvalue weighted by molar-refractivity contribution is 5.81. The Bertz CT molecular complexity index is 480. The van der Waals surface area contributed by atoms with Crippen LogP contribution in [-0.4, -0.2) is 40.0 Å². The molecule has 0 saturated carbocycles. The molecule has 86 valence electrons. The van der Waals surface area contributed by atoms with E-state index in [1.807, 2.05) is 4.57 Å². The molecule has 0 aromatic carbocycles. The van der Waals surface area contributed by atoms with Crippen LogP contribution in [0, 0.1) is 0 Å². The van der Waals surface area contributed by atoms with E-state index in [4.69, 9.17) is 15.2 Å². The van der Waals surface area contributed by atoms with Crippen molar-refractivity contribution in [1.29, 1.82) is 0 Å². The predicted molar refractivity (Wildman–Crippen MR) is 57.5 cm³/mol. The molecule has 0 aliphatic rings. The minimum absolute atomic E-state index is 0.339. The molecule has 0 bridgehead atoms. The average Bonchev–Trinajstić information content (AvgIpc) is 2.71. The summed E-state index contributed by atoms with van der Waals surface area (Å²) in [7, 11) is 3.16. The standard InChI is InChI=1S/C9H13N5O2/c1-15-6(16-2)3-14-5-13-7-8(10)11-4-12-9(7)14/h4-6H,3H2,1-2H3,(H2,10,11,12). The zero-order valence-electron chi connectivity index (χ0n) is 9.12. The van der Waals surface area contributed by atoms with E-state index in [1.165, 1.54) is 6.33 Å². The van der Waals surface area contributed by atoms with Crippen LogP contribution < -0.4 is 5.73 Å². The van der Waals surface area contributed by atoms with E-state index in [-0.39, 0.29) is 6.29 Å². The molecule has 0 radical (unpaired) electrons. The molecule has 0 aliphatic carbocycles. The third-order valence-corrected chi connectivity index (χ3v) is 2.30. The molecule has 2 rings (SSSR count). The molecule has 2 heterocycles. The number of rotatable bonds is 4. The zero-order valence-corrected chi connectivity index (χ0v) is 9.12. The van der Waals surface area contributed by atoms with Gasteiger partial charge >= 0.3 is 0 Å². The maximum absolute atomic E-state index is 5.68. The van der Waals surface area contributed by atoms with Gasteiger partial charge in [-0.05, 0) is 0 Å². The minimum atomic E-state index is -0.339. The first-order valence-corrected chi connectivity index (χ1v) is 4.73. The lowest BCUT2D eigenvalue weighted by molar-refractivity contribution is -0.110. The van der Waals surface area contributed by atoms with Crippen molar-refractivity contribution in [3.05, 3.63) is 12.7 Å². The van der Waals surface area contributed by atoms with E-state index in [9.17, 15) is 0 Å². The number of ether oxygens (including phenoxy) is 2. The van der Waals surface area contributed by atoms with Crippen LogP contribution in [0.1, 0.15) is 0 Å². The van der Waals surface area contributed by atoms with Crippen molar-refractivity contribution in [2.75, 3.05) is 20.0 Å². The van der Waals surface area contributed by atoms with Crippen molar-refractivity contribution in [2.45, 2.75) is 12.8 Å². The number of imidazole rings is 1. The van der Waals surface area contributed by atoms with Crippen LogP contribution in [0.2, 0.25) is 0 Å². The Morgan fingerprint density at radius 1 is 1.31 bits per heavy atom. The summed E-state index contributed by atoms with van der Waals surface area (Å²) in [4.78, 5) is 12.1. The van der Waals surface area contributed by atoms with Gasteiger partial charge in [0.1, 0.15) is 11.8 Å². The van der Waals surface area contributed by atoms with Gasteiger partial charge in [-0.15, -0.1) is 0 Å². The van der Waals surface area contributed by atoms with Crippen LogP contribution in [0.5, 0.6) is 0 Å². The first kappa shape index (κ1) is 10.8. The number of nitrogen functional groups attached to an aromatic ring is 1. The number of hydrogen-bond donors (Lipinski definition) is 1. The molecule has 7 heteroatoms. The lowest BCUT2D eigenvalue weighted by Crippen LogP contribution is -2.20. The summed E-state index contributed by atoms with van der Waals surface area (Å²) >= 11 is 0. The van der Waals surface area contributed by atoms with Gasteiger partial charge in [-0.25, -0.2) is 15.0 Å². The molecule has 2 aromatic heterocycles. The Hall–Kier alpha value is -1.73. The minimum Gasteiger partial charge on any atom is -0.382 e. The van der Waals surface area contributed by atoms with Crippen LogP contribution in [0.15, 0.2) is 12.7 Å². The summed E-state index contributed by atoms with van der Waals surface area (Å²) in [6.45, 7) is 0.500. The number of anilines is 1. The molecule has 16 heavy (non-hydrogen) atoms. The lowest BCUT2D eigenvalue weighted by Gasteiger charge is -2.13. The molecule has 0 fully saturated rings. The molecule has 7 nitrogen and oxygen atoms in total. The van der Waals surface area contributed by atoms with Crippen LogP contribution >= 0.6 is 0 Å². The monoisotopic (exact) mass is 223 g/mol. The van der Waals surface area contributed by atoms with Crippen molar-refractivity contribution >= 4 is 17.0 Å². The van der Waals surface area contributed by atoms with Crippen LogP contribution in [0.25, 0.3) is 11.2 Å². The average molecular weight is 223 g/mol. The number of hydrogen-bond acceptors (Lipinski definition) is 6. The highest BCUT2D eigenvalue weighted by Crippen LogP contribution is 2.14. The molecule has 0 aliphatic heterocycles. The van der Waals surface area contributed by atoms with E-state index in [0.717, 1.165) is 0 Å². The maximum Gasteiger partial charge on any atom is 0.174 e. The molecule has 0 atom stereocenters. The third kappa shape index (κ3) is 1.82. The summed E-state index contributed by atoms with van der Waals surface area (Å²) in [6, 6.07) is 0. The van der Waals surface area contributed by atoms with E-state index < -0.39 is 0 Å². The number of nitrogens with two attached hydrogens (primary N) is 1. The van der Waals surface area contributed by atoms with Gasteiger partial charge in [-0.3, -0.25) is 0 Å². The Morgan fingerprint density at radius 2 is 2.06 bits per heavy atom. The summed E-state index contributed by atoms with van der Waals surface area (Å²) in [5.74, 6) is 0.370. The SMILES string of the molecule is COC(Cn1cnc2c(N)ncnc21)OC. The third-order valence-electron chi connectivity index (χ3n) is 2.30. The van der Waals surface area contributed by atoms with Crippen LogP contribution in [0.4, 0.5) is 5.82 Å². The van der Waals surface area contributed by atoms with Gasteiger partial charge in [-0.2, -0.15) is 0 Å². The quantitative estimate of drug-likeness (QED) is 0.735. The largest absolute Gasteiger partial charge is 0.382 e. The highest BCUT2D eigenvalue weighted by Gasteiger charge is 2.11. The molecule has 0 spiro atoms. The fourth-order valence-electron chi connectivity index (χ4n) is 1.44. The molecule has 0 amide bonds. The van der Waals surface area contributed by atoms with Gasteiger partial charge in [0.15, 0.2) is 17.8 Å². The van der Waals surface area contributed by atoms with Gasteiger partial charge in [0.05, 0.1) is 12.9 Å². The van der Waals surface area contributed by atoms with E-state index in [1.54, 1.807) is 20.5 Å². The fourth-order valence-corrected chi connectivity index (χ4v) is 1.44. The van der Waals surface area contributed by atoms with Crippen molar-refractivity contribution in [3.63, 3.8) is 0 Å². The molecule has 0 unspecified atom stereocenters. The summed E-state index contributed by atoms with van der Waals surface area (Å²) in [5, 5.41) is 0. The summed E-state index contributed by atoms with van der Waals surface area (Å²) < 4.78 is 12.0. The first-order valence-electron chi connectivity index (χ1n) is 4.73. The second-order valence-corrected chi connectivity index (χ2v) is 3.23. The molecular formula is C9H13N5O2. The Balaban J connectivity index is 2.35. The molecule has 0 saturated heterocycles. The van der Waals surface area contributed by atoms with Crippen LogP contribution in [-0.2, 0) is 16.0 Å². The fraction of sp³-hybridized carbons (Fsp3) is 0.444. The van der Waals surface area contributed by atoms with E-state index >= 15 is 0 Å². The van der Waals surface area contributed by atoms with E-state index in [0.29, 0.717) is 23.5 Å². The van der Waals surface area contributed by atoms with E-state index in [2.05, 4.69) is 15.0 Å². The first-order chi connectivity index (χ1) is 7.76. The lowest BCUT2D eigenvalue weighted by atomic mass is 10.5. The second-order valence-electron chi connectivity index (χ2n) is 3.23. The highest BCUT2D eigenvalue weighted by atomic mass is 16.7. The zero-order chi connectivity index (χ0) is 11.5. The number of aromatic nitrogens is 4. The smallest absolute Gasteiger partial charge is 0.174 e. The second kappa shape index (κ2) is 4.42. The van der Waals surface area contributed by atoms with Crippen LogP contribution in [0.3, 0.4) is 0 Å². The van der Waals surface area contributed by atoms with Gasteiger partial charge < -0.3 is 19.8 Å². The van der Waals surface area contributed by atoms with Crippen molar-refractivity contribution < 1.29 is 9.47 Å². The normalized spacial score (nSPS) is 11.4. The van der Waals surface area contributed by atoms with Gasteiger partial charge in [0.2, 0.25) is 0 Å². The Morgan fingerprint density at radius 3 is 2.75 bits per heavy atom. The van der Waals surface area contributed by atoms with Crippen molar-refractivity contribution in [3.8, 4) is 0 Å². The number of fused-ring (bicyclic) bond motifs is 1. The Labute approximate surface area is 92.2 Å². The molecule has 2 N–H and O–H groups in total. The van der Waals surface area contributed by atoms with Gasteiger partial charge in [-0.1, -0.05) is 0 Å². The maximum atomic E-state index is 5.68.